The highest BCUT2D eigenvalue weighted by Crippen LogP contribution is 2.26. The van der Waals surface area contributed by atoms with Crippen LogP contribution in [0.25, 0.3) is 0 Å². The Bertz CT molecular complexity index is 439. The third kappa shape index (κ3) is 2.91. The molecule has 0 aromatic carbocycles. The molecule has 0 aromatic rings. The van der Waals surface area contributed by atoms with E-state index in [4.69, 9.17) is 10.5 Å². The summed E-state index contributed by atoms with van der Waals surface area (Å²) in [5, 5.41) is 0. The maximum Gasteiger partial charge on any atom is 0.324 e. The first kappa shape index (κ1) is 14.7. The third-order valence-electron chi connectivity index (χ3n) is 3.57. The summed E-state index contributed by atoms with van der Waals surface area (Å²) < 4.78 is 32.6. The second-order valence-corrected chi connectivity index (χ2v) is 6.82. The molecule has 1 unspecified atom stereocenters. The lowest BCUT2D eigenvalue weighted by Crippen LogP contribution is -2.48. The number of nitrogens with zero attached hydrogens (tertiary/aromatic N) is 2. The fourth-order valence-corrected chi connectivity index (χ4v) is 4.49. The molecular weight excluding hydrogens is 270 g/mol. The van der Waals surface area contributed by atoms with Gasteiger partial charge in [-0.05, 0) is 26.2 Å². The summed E-state index contributed by atoms with van der Waals surface area (Å²) in [6, 6.07) is -0.791. The lowest BCUT2D eigenvalue weighted by molar-refractivity contribution is -0.146. The van der Waals surface area contributed by atoms with Crippen LogP contribution in [0.2, 0.25) is 0 Å². The van der Waals surface area contributed by atoms with Crippen LogP contribution in [0.5, 0.6) is 0 Å². The van der Waals surface area contributed by atoms with Crippen LogP contribution in [0.4, 0.5) is 0 Å². The average molecular weight is 291 g/mol. The van der Waals surface area contributed by atoms with Gasteiger partial charge in [-0.15, -0.1) is 0 Å². The zero-order valence-corrected chi connectivity index (χ0v) is 11.9. The molecule has 8 heteroatoms. The molecule has 0 bridgehead atoms. The van der Waals surface area contributed by atoms with Crippen molar-refractivity contribution in [3.8, 4) is 0 Å². The molecule has 0 saturated carbocycles. The summed E-state index contributed by atoms with van der Waals surface area (Å²) >= 11 is 0. The number of hydrogen-bond donors (Lipinski definition) is 1. The van der Waals surface area contributed by atoms with Crippen molar-refractivity contribution in [2.24, 2.45) is 5.73 Å². The van der Waals surface area contributed by atoms with Crippen molar-refractivity contribution in [3.63, 3.8) is 0 Å². The molecule has 0 amide bonds. The molecule has 7 nitrogen and oxygen atoms in total. The number of esters is 1. The molecule has 0 aliphatic carbocycles. The van der Waals surface area contributed by atoms with Gasteiger partial charge in [0.25, 0.3) is 10.2 Å². The first-order chi connectivity index (χ1) is 8.96. The Morgan fingerprint density at radius 1 is 1.37 bits per heavy atom. The zero-order valence-electron chi connectivity index (χ0n) is 11.1. The summed E-state index contributed by atoms with van der Waals surface area (Å²) in [7, 11) is -3.60. The lowest BCUT2D eigenvalue weighted by atomic mass is 10.2. The molecule has 0 aromatic heterocycles. The molecule has 2 heterocycles. The molecule has 2 saturated heterocycles. The molecule has 2 fully saturated rings. The van der Waals surface area contributed by atoms with E-state index < -0.39 is 22.2 Å². The maximum atomic E-state index is 12.5. The molecular formula is C11H21N3O4S. The van der Waals surface area contributed by atoms with Crippen molar-refractivity contribution in [1.29, 1.82) is 0 Å². The number of ether oxygens (including phenoxy) is 1. The van der Waals surface area contributed by atoms with Crippen molar-refractivity contribution >= 4 is 16.2 Å². The Balaban J connectivity index is 2.12. The topological polar surface area (TPSA) is 92.9 Å². The largest absolute Gasteiger partial charge is 0.465 e. The van der Waals surface area contributed by atoms with Crippen LogP contribution in [-0.2, 0) is 19.7 Å². The van der Waals surface area contributed by atoms with Gasteiger partial charge in [0, 0.05) is 25.7 Å². The molecule has 2 N–H and O–H groups in total. The van der Waals surface area contributed by atoms with Crippen LogP contribution >= 0.6 is 0 Å². The van der Waals surface area contributed by atoms with E-state index in [0.717, 1.165) is 0 Å². The van der Waals surface area contributed by atoms with Gasteiger partial charge in [0.1, 0.15) is 6.04 Å². The average Bonchev–Trinajstić information content (AvgIpc) is 2.97. The normalized spacial score (nSPS) is 29.8. The van der Waals surface area contributed by atoms with Gasteiger partial charge < -0.3 is 10.5 Å². The highest BCUT2D eigenvalue weighted by Gasteiger charge is 2.43. The Labute approximate surface area is 113 Å². The highest BCUT2D eigenvalue weighted by atomic mass is 32.2. The third-order valence-corrected chi connectivity index (χ3v) is 5.59. The van der Waals surface area contributed by atoms with E-state index in [1.165, 1.54) is 8.61 Å². The SMILES string of the molecule is CCOC(=O)C1CCCN1S(=O)(=O)N1CC[C@@H](N)C1. The fourth-order valence-electron chi connectivity index (χ4n) is 2.60. The number of hydrogen-bond acceptors (Lipinski definition) is 5. The van der Waals surface area contributed by atoms with Crippen molar-refractivity contribution in [1.82, 2.24) is 8.61 Å². The first-order valence-electron chi connectivity index (χ1n) is 6.66. The molecule has 2 aliphatic rings. The molecule has 2 aliphatic heterocycles. The van der Waals surface area contributed by atoms with Crippen LogP contribution in [0, 0.1) is 0 Å². The van der Waals surface area contributed by atoms with Gasteiger partial charge in [-0.2, -0.15) is 17.0 Å². The van der Waals surface area contributed by atoms with Crippen LogP contribution < -0.4 is 5.73 Å². The molecule has 0 spiro atoms. The van der Waals surface area contributed by atoms with E-state index in [-0.39, 0.29) is 12.6 Å². The predicted octanol–water partition coefficient (Wildman–Crippen LogP) is -0.708. The van der Waals surface area contributed by atoms with Gasteiger partial charge in [0.05, 0.1) is 6.61 Å². The van der Waals surface area contributed by atoms with Gasteiger partial charge in [-0.1, -0.05) is 0 Å². The van der Waals surface area contributed by atoms with Crippen LogP contribution in [-0.4, -0.2) is 61.3 Å². The quantitative estimate of drug-likeness (QED) is 0.691. The van der Waals surface area contributed by atoms with Crippen LogP contribution in [0.3, 0.4) is 0 Å². The fraction of sp³-hybridized carbons (Fsp3) is 0.909. The Morgan fingerprint density at radius 3 is 2.68 bits per heavy atom. The van der Waals surface area contributed by atoms with E-state index in [2.05, 4.69) is 0 Å². The van der Waals surface area contributed by atoms with E-state index >= 15 is 0 Å². The zero-order chi connectivity index (χ0) is 14.0. The molecule has 110 valence electrons. The van der Waals surface area contributed by atoms with Crippen molar-refractivity contribution in [3.05, 3.63) is 0 Å². The van der Waals surface area contributed by atoms with E-state index in [0.29, 0.717) is 38.9 Å². The number of carbonyl (C=O) groups is 1. The van der Waals surface area contributed by atoms with Gasteiger partial charge in [0.15, 0.2) is 0 Å². The van der Waals surface area contributed by atoms with Gasteiger partial charge >= 0.3 is 5.97 Å². The Hall–Kier alpha value is -0.700. The second-order valence-electron chi connectivity index (χ2n) is 4.94. The summed E-state index contributed by atoms with van der Waals surface area (Å²) in [4.78, 5) is 11.8. The first-order valence-corrected chi connectivity index (χ1v) is 8.05. The van der Waals surface area contributed by atoms with E-state index in [9.17, 15) is 13.2 Å². The summed E-state index contributed by atoms with van der Waals surface area (Å²) in [6.45, 7) is 3.10. The Kier molecular flexibility index (Phi) is 4.44. The molecule has 2 rings (SSSR count). The smallest absolute Gasteiger partial charge is 0.324 e. The highest BCUT2D eigenvalue weighted by molar-refractivity contribution is 7.86. The standard InChI is InChI=1S/C11H21N3O4S/c1-2-18-11(15)10-4-3-6-14(10)19(16,17)13-7-5-9(12)8-13/h9-10H,2-8,12H2,1H3/t9-,10?/m1/s1. The van der Waals surface area contributed by atoms with Gasteiger partial charge in [-0.3, -0.25) is 4.79 Å². The number of rotatable bonds is 4. The summed E-state index contributed by atoms with van der Waals surface area (Å²) in [6.07, 6.45) is 1.87. The van der Waals surface area contributed by atoms with Gasteiger partial charge in [0.2, 0.25) is 0 Å². The number of nitrogens with two attached hydrogens (primary N) is 1. The maximum absolute atomic E-state index is 12.5. The number of carbonyl (C=O) groups excluding carboxylic acids is 1. The van der Waals surface area contributed by atoms with Crippen LogP contribution in [0.1, 0.15) is 26.2 Å². The minimum Gasteiger partial charge on any atom is -0.465 e. The second kappa shape index (κ2) is 5.74. The van der Waals surface area contributed by atoms with Crippen molar-refractivity contribution in [2.75, 3.05) is 26.2 Å². The predicted molar refractivity (Wildman–Crippen MR) is 69.4 cm³/mol. The van der Waals surface area contributed by atoms with E-state index in [1.807, 2.05) is 0 Å². The van der Waals surface area contributed by atoms with Gasteiger partial charge in [-0.25, -0.2) is 0 Å². The Morgan fingerprint density at radius 2 is 2.11 bits per heavy atom. The van der Waals surface area contributed by atoms with Crippen molar-refractivity contribution < 1.29 is 17.9 Å². The van der Waals surface area contributed by atoms with Crippen LogP contribution in [0.15, 0.2) is 0 Å². The molecule has 0 radical (unpaired) electrons. The minimum atomic E-state index is -3.60. The van der Waals surface area contributed by atoms with Crippen molar-refractivity contribution in [2.45, 2.75) is 38.3 Å². The summed E-state index contributed by atoms with van der Waals surface area (Å²) in [5.41, 5.74) is 5.75. The molecule has 19 heavy (non-hydrogen) atoms. The lowest BCUT2D eigenvalue weighted by Gasteiger charge is -2.27. The monoisotopic (exact) mass is 291 g/mol. The summed E-state index contributed by atoms with van der Waals surface area (Å²) in [5.74, 6) is -0.452. The minimum absolute atomic E-state index is 0.113. The molecule has 2 atom stereocenters. The van der Waals surface area contributed by atoms with E-state index in [1.54, 1.807) is 6.92 Å².